The largest absolute Gasteiger partial charge is 0.435 e. The van der Waals surface area contributed by atoms with Gasteiger partial charge in [0.05, 0.1) is 5.69 Å². The smallest absolute Gasteiger partial charge is 0.339 e. The van der Waals surface area contributed by atoms with Crippen LogP contribution in [-0.4, -0.2) is 37.4 Å². The maximum atomic E-state index is 12.8. The number of nitrogens with zero attached hydrogens (tertiary/aromatic N) is 5. The minimum absolute atomic E-state index is 0.287. The number of rotatable bonds is 4. The van der Waals surface area contributed by atoms with Crippen LogP contribution in [0.15, 0.2) is 6.07 Å². The summed E-state index contributed by atoms with van der Waals surface area (Å²) in [5.41, 5.74) is 1.99. The van der Waals surface area contributed by atoms with Crippen molar-refractivity contribution in [3.8, 4) is 0 Å². The predicted octanol–water partition coefficient (Wildman–Crippen LogP) is 2.78. The van der Waals surface area contributed by atoms with Crippen molar-refractivity contribution in [2.45, 2.75) is 46.5 Å². The second-order valence-corrected chi connectivity index (χ2v) is 6.26. The van der Waals surface area contributed by atoms with Gasteiger partial charge in [0.15, 0.2) is 5.69 Å². The molecule has 2 rings (SSSR count). The van der Waals surface area contributed by atoms with Crippen molar-refractivity contribution in [3.63, 3.8) is 0 Å². The van der Waals surface area contributed by atoms with Gasteiger partial charge < -0.3 is 4.90 Å². The molecule has 0 aromatic carbocycles. The van der Waals surface area contributed by atoms with E-state index in [1.165, 1.54) is 11.8 Å². The Bertz CT molecular complexity index is 791. The highest BCUT2D eigenvalue weighted by atomic mass is 19.4. The Morgan fingerprint density at radius 1 is 1.28 bits per heavy atom. The van der Waals surface area contributed by atoms with Crippen molar-refractivity contribution in [1.82, 2.24) is 24.5 Å². The van der Waals surface area contributed by atoms with Gasteiger partial charge in [-0.3, -0.25) is 14.2 Å². The summed E-state index contributed by atoms with van der Waals surface area (Å²) in [4.78, 5) is 14.1. The van der Waals surface area contributed by atoms with Gasteiger partial charge in [0, 0.05) is 37.6 Å². The Balaban J connectivity index is 2.21. The third-order valence-electron chi connectivity index (χ3n) is 4.37. The third kappa shape index (κ3) is 3.69. The molecule has 0 saturated carbocycles. The van der Waals surface area contributed by atoms with Crippen LogP contribution in [0.25, 0.3) is 0 Å². The lowest BCUT2D eigenvalue weighted by atomic mass is 10.1. The Kier molecular flexibility index (Phi) is 4.97. The molecule has 0 aliphatic heterocycles. The van der Waals surface area contributed by atoms with Crippen LogP contribution < -0.4 is 0 Å². The fraction of sp³-hybridized carbons (Fsp3) is 0.562. The topological polar surface area (TPSA) is 56.0 Å². The van der Waals surface area contributed by atoms with E-state index in [1.807, 2.05) is 20.9 Å². The molecule has 138 valence electrons. The zero-order valence-electron chi connectivity index (χ0n) is 15.1. The van der Waals surface area contributed by atoms with Crippen molar-refractivity contribution in [1.29, 1.82) is 0 Å². The zero-order valence-corrected chi connectivity index (χ0v) is 15.1. The summed E-state index contributed by atoms with van der Waals surface area (Å²) in [6.45, 7) is 7.15. The third-order valence-corrected chi connectivity index (χ3v) is 4.37. The van der Waals surface area contributed by atoms with Crippen LogP contribution in [0.3, 0.4) is 0 Å². The molecular weight excluding hydrogens is 335 g/mol. The van der Waals surface area contributed by atoms with E-state index >= 15 is 0 Å². The highest BCUT2D eigenvalue weighted by Crippen LogP contribution is 2.29. The molecule has 0 aliphatic rings. The van der Waals surface area contributed by atoms with Crippen LogP contribution >= 0.6 is 0 Å². The first-order chi connectivity index (χ1) is 11.4. The lowest BCUT2D eigenvalue weighted by molar-refractivity contribution is -0.142. The fourth-order valence-corrected chi connectivity index (χ4v) is 2.80. The van der Waals surface area contributed by atoms with Gasteiger partial charge in [-0.1, -0.05) is 0 Å². The van der Waals surface area contributed by atoms with Gasteiger partial charge in [0.2, 0.25) is 5.91 Å². The normalized spacial score (nSPS) is 13.2. The Morgan fingerprint density at radius 2 is 1.88 bits per heavy atom. The highest BCUT2D eigenvalue weighted by Gasteiger charge is 2.35. The van der Waals surface area contributed by atoms with Gasteiger partial charge in [-0.05, 0) is 33.8 Å². The molecule has 0 unspecified atom stereocenters. The molecule has 1 atom stereocenters. The molecule has 25 heavy (non-hydrogen) atoms. The number of carbonyl (C=O) groups is 1. The quantitative estimate of drug-likeness (QED) is 0.845. The number of likely N-dealkylation sites (N-methyl/N-ethyl adjacent to an activating group) is 1. The van der Waals surface area contributed by atoms with Crippen molar-refractivity contribution in [2.75, 3.05) is 7.05 Å². The number of aromatic nitrogens is 4. The second-order valence-electron chi connectivity index (χ2n) is 6.26. The standard InChI is InChI=1S/C16H22F3N5O/c1-9-7-14(16(17,18)19)21-24(9)12(4)15(25)22(5)8-13-10(2)20-23(6)11(13)3/h7,12H,8H2,1-6H3/t12-/m1/s1. The Hall–Kier alpha value is -2.32. The average Bonchev–Trinajstić information content (AvgIpc) is 3.01. The maximum absolute atomic E-state index is 12.8. The molecule has 0 radical (unpaired) electrons. The van der Waals surface area contributed by atoms with Gasteiger partial charge in [0.25, 0.3) is 0 Å². The SMILES string of the molecule is Cc1nn(C)c(C)c1CN(C)C(=O)[C@@H](C)n1nc(C(F)(F)F)cc1C. The minimum Gasteiger partial charge on any atom is -0.339 e. The van der Waals surface area contributed by atoms with E-state index in [4.69, 9.17) is 0 Å². The first kappa shape index (κ1) is 19.0. The predicted molar refractivity (Wildman–Crippen MR) is 85.8 cm³/mol. The zero-order chi connectivity index (χ0) is 19.1. The highest BCUT2D eigenvalue weighted by molar-refractivity contribution is 5.79. The van der Waals surface area contributed by atoms with Gasteiger partial charge >= 0.3 is 6.18 Å². The van der Waals surface area contributed by atoms with Crippen LogP contribution in [0.1, 0.15) is 41.3 Å². The number of aryl methyl sites for hydroxylation is 3. The molecule has 0 aliphatic carbocycles. The summed E-state index contributed by atoms with van der Waals surface area (Å²) in [7, 11) is 3.44. The first-order valence-electron chi connectivity index (χ1n) is 7.80. The summed E-state index contributed by atoms with van der Waals surface area (Å²) < 4.78 is 41.3. The summed E-state index contributed by atoms with van der Waals surface area (Å²) in [5, 5.41) is 7.87. The molecule has 0 spiro atoms. The monoisotopic (exact) mass is 357 g/mol. The lowest BCUT2D eigenvalue weighted by Gasteiger charge is -2.22. The van der Waals surface area contributed by atoms with E-state index in [-0.39, 0.29) is 11.6 Å². The molecule has 0 saturated heterocycles. The number of hydrogen-bond acceptors (Lipinski definition) is 3. The molecule has 1 amide bonds. The van der Waals surface area contributed by atoms with E-state index in [9.17, 15) is 18.0 Å². The number of halogens is 3. The summed E-state index contributed by atoms with van der Waals surface area (Å²) in [6, 6.07) is 0.109. The maximum Gasteiger partial charge on any atom is 0.435 e. The Morgan fingerprint density at radius 3 is 2.32 bits per heavy atom. The molecule has 0 fully saturated rings. The van der Waals surface area contributed by atoms with Crippen molar-refractivity contribution in [2.24, 2.45) is 7.05 Å². The molecule has 2 heterocycles. The summed E-state index contributed by atoms with van der Waals surface area (Å²) in [5.74, 6) is -0.317. The van der Waals surface area contributed by atoms with Gasteiger partial charge in [-0.25, -0.2) is 0 Å². The molecule has 2 aromatic rings. The number of hydrogen-bond donors (Lipinski definition) is 0. The summed E-state index contributed by atoms with van der Waals surface area (Å²) >= 11 is 0. The summed E-state index contributed by atoms with van der Waals surface area (Å²) in [6.07, 6.45) is -4.53. The van der Waals surface area contributed by atoms with Gasteiger partial charge in [-0.2, -0.15) is 23.4 Å². The average molecular weight is 357 g/mol. The second kappa shape index (κ2) is 6.53. The molecular formula is C16H22F3N5O. The van der Waals surface area contributed by atoms with E-state index in [0.29, 0.717) is 6.54 Å². The van der Waals surface area contributed by atoms with Crippen molar-refractivity contribution < 1.29 is 18.0 Å². The molecule has 6 nitrogen and oxygen atoms in total. The number of amides is 1. The Labute approximate surface area is 144 Å². The first-order valence-corrected chi connectivity index (χ1v) is 7.80. The molecule has 2 aromatic heterocycles. The lowest BCUT2D eigenvalue weighted by Crippen LogP contribution is -2.34. The van der Waals surface area contributed by atoms with Crippen molar-refractivity contribution in [3.05, 3.63) is 34.4 Å². The van der Waals surface area contributed by atoms with E-state index in [2.05, 4.69) is 10.2 Å². The van der Waals surface area contributed by atoms with E-state index < -0.39 is 17.9 Å². The van der Waals surface area contributed by atoms with Gasteiger partial charge in [0.1, 0.15) is 6.04 Å². The minimum atomic E-state index is -4.53. The van der Waals surface area contributed by atoms with Crippen LogP contribution in [0, 0.1) is 20.8 Å². The molecule has 0 N–H and O–H groups in total. The number of alkyl halides is 3. The molecule has 9 heteroatoms. The van der Waals surface area contributed by atoms with Crippen LogP contribution in [0.2, 0.25) is 0 Å². The van der Waals surface area contributed by atoms with Gasteiger partial charge in [-0.15, -0.1) is 0 Å². The van der Waals surface area contributed by atoms with Crippen molar-refractivity contribution >= 4 is 5.91 Å². The number of carbonyl (C=O) groups excluding carboxylic acids is 1. The molecule has 0 bridgehead atoms. The fourth-order valence-electron chi connectivity index (χ4n) is 2.80. The van der Waals surface area contributed by atoms with E-state index in [0.717, 1.165) is 27.7 Å². The van der Waals surface area contributed by atoms with Crippen LogP contribution in [0.4, 0.5) is 13.2 Å². The van der Waals surface area contributed by atoms with Crippen LogP contribution in [-0.2, 0) is 24.6 Å². The van der Waals surface area contributed by atoms with Crippen LogP contribution in [0.5, 0.6) is 0 Å². The van der Waals surface area contributed by atoms with E-state index in [1.54, 1.807) is 18.7 Å².